The monoisotopic (exact) mass is 386 g/mol. The van der Waals surface area contributed by atoms with Crippen LogP contribution in [-0.2, 0) is 9.53 Å². The molecule has 1 aliphatic heterocycles. The third-order valence-corrected chi connectivity index (χ3v) is 4.75. The number of aromatic nitrogens is 1. The van der Waals surface area contributed by atoms with Gasteiger partial charge in [-0.2, -0.15) is 0 Å². The van der Waals surface area contributed by atoms with Crippen LogP contribution < -0.4 is 0 Å². The minimum Gasteiger partial charge on any atom is -0.506 e. The number of carbonyl (C=O) groups excluding carboxylic acids is 1. The summed E-state index contributed by atoms with van der Waals surface area (Å²) in [5.74, 6) is -0.808. The highest BCUT2D eigenvalue weighted by atomic mass is 35.5. The predicted octanol–water partition coefficient (Wildman–Crippen LogP) is 4.93. The standard InChI is InChI=1S/C19H15ClN2O3S/c1-2-25-19(24)16-17(23)15(11-12-7-5-6-10-21-12)26-18(16)22-14-9-4-3-8-13(14)20/h3-11,23H,2H2,1H3/b15-11+,22-18?. The van der Waals surface area contributed by atoms with E-state index in [0.29, 0.717) is 26.4 Å². The lowest BCUT2D eigenvalue weighted by Gasteiger charge is -2.04. The smallest absolute Gasteiger partial charge is 0.344 e. The van der Waals surface area contributed by atoms with Crippen molar-refractivity contribution in [3.8, 4) is 0 Å². The molecule has 1 aromatic carbocycles. The maximum absolute atomic E-state index is 12.3. The molecule has 0 amide bonds. The molecule has 0 spiro atoms. The summed E-state index contributed by atoms with van der Waals surface area (Å²) in [6.45, 7) is 1.89. The van der Waals surface area contributed by atoms with Gasteiger partial charge in [0.25, 0.3) is 0 Å². The number of esters is 1. The average Bonchev–Trinajstić information content (AvgIpc) is 2.93. The van der Waals surface area contributed by atoms with E-state index in [9.17, 15) is 9.90 Å². The number of halogens is 1. The number of thioether (sulfide) groups is 1. The van der Waals surface area contributed by atoms with Crippen LogP contribution in [0, 0.1) is 0 Å². The van der Waals surface area contributed by atoms with E-state index < -0.39 is 5.97 Å². The second kappa shape index (κ2) is 8.21. The Labute approximate surface area is 160 Å². The molecule has 0 unspecified atom stereocenters. The van der Waals surface area contributed by atoms with Crippen LogP contribution in [0.3, 0.4) is 0 Å². The summed E-state index contributed by atoms with van der Waals surface area (Å²) in [7, 11) is 0. The largest absolute Gasteiger partial charge is 0.506 e. The van der Waals surface area contributed by atoms with E-state index in [1.807, 2.05) is 6.07 Å². The average molecular weight is 387 g/mol. The van der Waals surface area contributed by atoms with Gasteiger partial charge in [-0.15, -0.1) is 0 Å². The molecule has 2 heterocycles. The Balaban J connectivity index is 2.06. The fourth-order valence-corrected chi connectivity index (χ4v) is 3.43. The van der Waals surface area contributed by atoms with E-state index in [0.717, 1.165) is 0 Å². The van der Waals surface area contributed by atoms with Crippen molar-refractivity contribution in [3.63, 3.8) is 0 Å². The summed E-state index contributed by atoms with van der Waals surface area (Å²) in [4.78, 5) is 21.5. The number of pyridine rings is 1. The molecule has 0 saturated heterocycles. The van der Waals surface area contributed by atoms with E-state index >= 15 is 0 Å². The van der Waals surface area contributed by atoms with Gasteiger partial charge >= 0.3 is 5.97 Å². The molecule has 0 saturated carbocycles. The maximum Gasteiger partial charge on any atom is 0.344 e. The van der Waals surface area contributed by atoms with Crippen LogP contribution in [0.5, 0.6) is 0 Å². The Morgan fingerprint density at radius 3 is 2.77 bits per heavy atom. The van der Waals surface area contributed by atoms with Crippen molar-refractivity contribution in [1.29, 1.82) is 0 Å². The fraction of sp³-hybridized carbons (Fsp3) is 0.105. The second-order valence-electron chi connectivity index (χ2n) is 5.18. The van der Waals surface area contributed by atoms with Crippen LogP contribution >= 0.6 is 23.4 Å². The summed E-state index contributed by atoms with van der Waals surface area (Å²) in [5, 5.41) is 11.4. The molecular formula is C19H15ClN2O3S. The Morgan fingerprint density at radius 2 is 2.08 bits per heavy atom. The number of aliphatic imine (C=N–C) groups is 1. The molecule has 0 fully saturated rings. The first-order chi connectivity index (χ1) is 12.6. The number of aliphatic hydroxyl groups is 1. The molecule has 1 aromatic heterocycles. The zero-order valence-electron chi connectivity index (χ0n) is 13.8. The van der Waals surface area contributed by atoms with E-state index in [2.05, 4.69) is 9.98 Å². The Morgan fingerprint density at radius 1 is 1.31 bits per heavy atom. The summed E-state index contributed by atoms with van der Waals surface area (Å²) in [6.07, 6.45) is 3.34. The lowest BCUT2D eigenvalue weighted by molar-refractivity contribution is -0.138. The number of hydrogen-bond donors (Lipinski definition) is 1. The lowest BCUT2D eigenvalue weighted by Crippen LogP contribution is -2.12. The summed E-state index contributed by atoms with van der Waals surface area (Å²) in [6, 6.07) is 12.5. The zero-order chi connectivity index (χ0) is 18.5. The molecule has 2 aromatic rings. The van der Waals surface area contributed by atoms with Gasteiger partial charge in [0.05, 0.1) is 27.9 Å². The third-order valence-electron chi connectivity index (χ3n) is 3.41. The number of rotatable bonds is 4. The predicted molar refractivity (Wildman–Crippen MR) is 105 cm³/mol. The van der Waals surface area contributed by atoms with Gasteiger partial charge in [0.2, 0.25) is 0 Å². The fourth-order valence-electron chi connectivity index (χ4n) is 2.24. The van der Waals surface area contributed by atoms with E-state index in [4.69, 9.17) is 16.3 Å². The third kappa shape index (κ3) is 3.98. The van der Waals surface area contributed by atoms with Gasteiger partial charge in [-0.1, -0.05) is 41.6 Å². The normalized spacial score (nSPS) is 17.2. The Kier molecular flexibility index (Phi) is 5.75. The molecule has 26 heavy (non-hydrogen) atoms. The molecule has 0 atom stereocenters. The molecule has 5 nitrogen and oxygen atoms in total. The van der Waals surface area contributed by atoms with Crippen LogP contribution in [-0.4, -0.2) is 27.7 Å². The van der Waals surface area contributed by atoms with Gasteiger partial charge in [-0.05, 0) is 37.3 Å². The molecule has 1 aliphatic rings. The van der Waals surface area contributed by atoms with Gasteiger partial charge in [-0.25, -0.2) is 9.79 Å². The van der Waals surface area contributed by atoms with Crippen LogP contribution in [0.2, 0.25) is 5.02 Å². The van der Waals surface area contributed by atoms with Crippen molar-refractivity contribution in [2.24, 2.45) is 4.99 Å². The van der Waals surface area contributed by atoms with Gasteiger partial charge < -0.3 is 9.84 Å². The number of carbonyl (C=O) groups is 1. The van der Waals surface area contributed by atoms with Crippen LogP contribution in [0.4, 0.5) is 5.69 Å². The highest BCUT2D eigenvalue weighted by Gasteiger charge is 2.33. The van der Waals surface area contributed by atoms with Gasteiger partial charge in [0.1, 0.15) is 16.4 Å². The number of aliphatic hydroxyl groups excluding tert-OH is 1. The molecule has 132 valence electrons. The molecule has 0 bridgehead atoms. The van der Waals surface area contributed by atoms with Gasteiger partial charge in [0, 0.05) is 6.20 Å². The summed E-state index contributed by atoms with van der Waals surface area (Å²) >= 11 is 7.32. The number of nitrogens with zero attached hydrogens (tertiary/aromatic N) is 2. The summed E-state index contributed by atoms with van der Waals surface area (Å²) < 4.78 is 5.07. The zero-order valence-corrected chi connectivity index (χ0v) is 15.4. The minimum absolute atomic E-state index is 0.0268. The first-order valence-electron chi connectivity index (χ1n) is 7.85. The minimum atomic E-state index is -0.632. The molecule has 0 aliphatic carbocycles. The van der Waals surface area contributed by atoms with Crippen molar-refractivity contribution in [3.05, 3.63) is 75.6 Å². The highest BCUT2D eigenvalue weighted by molar-refractivity contribution is 8.18. The lowest BCUT2D eigenvalue weighted by atomic mass is 10.2. The maximum atomic E-state index is 12.3. The summed E-state index contributed by atoms with van der Waals surface area (Å²) in [5.41, 5.74) is 1.19. The number of benzene rings is 1. The first kappa shape index (κ1) is 18.2. The van der Waals surface area contributed by atoms with Gasteiger partial charge in [-0.3, -0.25) is 4.98 Å². The molecular weight excluding hydrogens is 372 g/mol. The number of ether oxygens (including phenoxy) is 1. The van der Waals surface area contributed by atoms with Crippen molar-refractivity contribution >= 4 is 46.1 Å². The van der Waals surface area contributed by atoms with Crippen molar-refractivity contribution in [1.82, 2.24) is 4.98 Å². The van der Waals surface area contributed by atoms with E-state index in [1.54, 1.807) is 55.6 Å². The topological polar surface area (TPSA) is 71.8 Å². The van der Waals surface area contributed by atoms with Crippen molar-refractivity contribution < 1.29 is 14.6 Å². The van der Waals surface area contributed by atoms with E-state index in [-0.39, 0.29) is 17.9 Å². The highest BCUT2D eigenvalue weighted by Crippen LogP contribution is 2.40. The Bertz CT molecular complexity index is 923. The van der Waals surface area contributed by atoms with Crippen molar-refractivity contribution in [2.75, 3.05) is 6.61 Å². The molecule has 0 radical (unpaired) electrons. The number of hydrogen-bond acceptors (Lipinski definition) is 6. The van der Waals surface area contributed by atoms with Gasteiger partial charge in [0.15, 0.2) is 0 Å². The van der Waals surface area contributed by atoms with E-state index in [1.165, 1.54) is 11.8 Å². The SMILES string of the molecule is CCOC(=O)C1=C(O)/C(=C\c2ccccn2)SC1=Nc1ccccc1Cl. The second-order valence-corrected chi connectivity index (χ2v) is 6.62. The quantitative estimate of drug-likeness (QED) is 0.754. The molecule has 1 N–H and O–H groups in total. The van der Waals surface area contributed by atoms with Crippen LogP contribution in [0.25, 0.3) is 6.08 Å². The first-order valence-corrected chi connectivity index (χ1v) is 9.04. The molecule has 3 rings (SSSR count). The van der Waals surface area contributed by atoms with Crippen LogP contribution in [0.1, 0.15) is 12.6 Å². The Hall–Kier alpha value is -2.57. The number of para-hydroxylation sites is 1. The molecule has 7 heteroatoms. The van der Waals surface area contributed by atoms with Crippen LogP contribution in [0.15, 0.2) is 69.9 Å². The van der Waals surface area contributed by atoms with Crippen molar-refractivity contribution in [2.45, 2.75) is 6.92 Å².